The predicted molar refractivity (Wildman–Crippen MR) is 81.8 cm³/mol. The third kappa shape index (κ3) is 4.18. The maximum Gasteiger partial charge on any atom is 0.325 e. The van der Waals surface area contributed by atoms with Crippen molar-refractivity contribution in [2.24, 2.45) is 0 Å². The molecule has 0 unspecified atom stereocenters. The van der Waals surface area contributed by atoms with Crippen LogP contribution in [0.3, 0.4) is 0 Å². The van der Waals surface area contributed by atoms with Gasteiger partial charge in [-0.3, -0.25) is 4.79 Å². The van der Waals surface area contributed by atoms with Crippen molar-refractivity contribution in [2.45, 2.75) is 24.8 Å². The van der Waals surface area contributed by atoms with E-state index in [0.29, 0.717) is 0 Å². The van der Waals surface area contributed by atoms with Crippen molar-refractivity contribution >= 4 is 21.7 Å². The summed E-state index contributed by atoms with van der Waals surface area (Å²) in [7, 11) is 0.871. The van der Waals surface area contributed by atoms with Crippen molar-refractivity contribution in [3.63, 3.8) is 0 Å². The molecule has 0 amide bonds. The smallest absolute Gasteiger partial charge is 0.325 e. The lowest BCUT2D eigenvalue weighted by atomic mass is 10.2. The van der Waals surface area contributed by atoms with Crippen LogP contribution in [0.2, 0.25) is 0 Å². The number of anilines is 1. The van der Waals surface area contributed by atoms with Crippen LogP contribution >= 0.6 is 0 Å². The maximum atomic E-state index is 12.0. The summed E-state index contributed by atoms with van der Waals surface area (Å²) in [5.41, 5.74) is 0.771. The summed E-state index contributed by atoms with van der Waals surface area (Å²) in [6.07, 6.45) is 0. The quantitative estimate of drug-likeness (QED) is 0.741. The molecule has 1 aromatic carbocycles. The number of sulfonamides is 1. The van der Waals surface area contributed by atoms with E-state index in [0.717, 1.165) is 9.99 Å². The minimum atomic E-state index is -3.44. The van der Waals surface area contributed by atoms with Gasteiger partial charge in [0.15, 0.2) is 0 Å². The van der Waals surface area contributed by atoms with Crippen LogP contribution in [0.4, 0.5) is 5.69 Å². The second kappa shape index (κ2) is 6.91. The Bertz CT molecular complexity index is 579. The van der Waals surface area contributed by atoms with Crippen LogP contribution < -0.4 is 4.90 Å². The maximum absolute atomic E-state index is 12.0. The summed E-state index contributed by atoms with van der Waals surface area (Å²) in [6, 6.07) is 6.55. The Kier molecular flexibility index (Phi) is 5.74. The molecule has 0 radical (unpaired) electrons. The fourth-order valence-electron chi connectivity index (χ4n) is 1.80. The molecule has 21 heavy (non-hydrogen) atoms. The van der Waals surface area contributed by atoms with Gasteiger partial charge in [0.25, 0.3) is 0 Å². The van der Waals surface area contributed by atoms with Gasteiger partial charge in [-0.2, -0.15) is 0 Å². The molecule has 0 N–H and O–H groups in total. The number of hydrogen-bond donors (Lipinski definition) is 0. The number of hydrogen-bond acceptors (Lipinski definition) is 5. The molecule has 1 aromatic rings. The van der Waals surface area contributed by atoms with Gasteiger partial charge in [-0.15, -0.1) is 0 Å². The summed E-state index contributed by atoms with van der Waals surface area (Å²) in [6.45, 7) is 4.02. The molecule has 0 aromatic heterocycles. The van der Waals surface area contributed by atoms with Crippen LogP contribution in [0.25, 0.3) is 0 Å². The highest BCUT2D eigenvalue weighted by molar-refractivity contribution is 7.89. The summed E-state index contributed by atoms with van der Waals surface area (Å²) in [5, 5.41) is 0. The Labute approximate surface area is 126 Å². The second-order valence-electron chi connectivity index (χ2n) is 5.08. The van der Waals surface area contributed by atoms with E-state index in [4.69, 9.17) is 0 Å². The average Bonchev–Trinajstić information content (AvgIpc) is 2.44. The minimum absolute atomic E-state index is 0.0837. The summed E-state index contributed by atoms with van der Waals surface area (Å²) in [4.78, 5) is 13.5. The number of rotatable bonds is 6. The first-order valence-corrected chi connectivity index (χ1v) is 8.00. The first-order chi connectivity index (χ1) is 9.70. The lowest BCUT2D eigenvalue weighted by Gasteiger charge is -2.28. The van der Waals surface area contributed by atoms with Gasteiger partial charge < -0.3 is 9.64 Å². The van der Waals surface area contributed by atoms with Gasteiger partial charge in [-0.1, -0.05) is 0 Å². The monoisotopic (exact) mass is 314 g/mol. The van der Waals surface area contributed by atoms with E-state index < -0.39 is 10.0 Å². The van der Waals surface area contributed by atoms with Crippen molar-refractivity contribution in [2.75, 3.05) is 32.6 Å². The van der Waals surface area contributed by atoms with E-state index >= 15 is 0 Å². The van der Waals surface area contributed by atoms with Gasteiger partial charge in [0.05, 0.1) is 12.0 Å². The molecule has 0 saturated heterocycles. The number of methoxy groups -OCH3 is 1. The third-order valence-corrected chi connectivity index (χ3v) is 4.93. The Balaban J connectivity index is 3.07. The fraction of sp³-hybridized carbons (Fsp3) is 0.500. The molecule has 0 saturated carbocycles. The fourth-order valence-corrected chi connectivity index (χ4v) is 2.70. The van der Waals surface area contributed by atoms with Crippen molar-refractivity contribution in [3.05, 3.63) is 24.3 Å². The van der Waals surface area contributed by atoms with E-state index in [9.17, 15) is 13.2 Å². The predicted octanol–water partition coefficient (Wildman–Crippen LogP) is 1.32. The SMILES string of the molecule is COC(=O)CN(c1ccc(S(=O)(=O)N(C)C)cc1)C(C)C. The largest absolute Gasteiger partial charge is 0.468 e. The van der Waals surface area contributed by atoms with E-state index in [1.807, 2.05) is 18.7 Å². The summed E-state index contributed by atoms with van der Waals surface area (Å²) in [5.74, 6) is -0.339. The normalized spacial score (nSPS) is 11.8. The number of carbonyl (C=O) groups excluding carboxylic acids is 1. The molecule has 1 rings (SSSR count). The number of ether oxygens (including phenoxy) is 1. The number of carbonyl (C=O) groups is 1. The molecule has 0 aliphatic carbocycles. The van der Waals surface area contributed by atoms with Gasteiger partial charge in [0, 0.05) is 25.8 Å². The molecule has 0 heterocycles. The van der Waals surface area contributed by atoms with Crippen LogP contribution in [0, 0.1) is 0 Å². The van der Waals surface area contributed by atoms with Gasteiger partial charge in [0.1, 0.15) is 6.54 Å². The molecule has 6 nitrogen and oxygen atoms in total. The molecule has 118 valence electrons. The number of nitrogens with zero attached hydrogens (tertiary/aromatic N) is 2. The first-order valence-electron chi connectivity index (χ1n) is 6.56. The standard InChI is InChI=1S/C14H22N2O4S/c1-11(2)16(10-14(17)20-5)12-6-8-13(9-7-12)21(18,19)15(3)4/h6-9,11H,10H2,1-5H3. The minimum Gasteiger partial charge on any atom is -0.468 e. The molecule has 0 atom stereocenters. The molecule has 0 spiro atoms. The zero-order valence-corrected chi connectivity index (χ0v) is 13.8. The molecule has 0 aliphatic heterocycles. The molecular weight excluding hydrogens is 292 g/mol. The van der Waals surface area contributed by atoms with Crippen LogP contribution in [0.5, 0.6) is 0 Å². The lowest BCUT2D eigenvalue weighted by molar-refractivity contribution is -0.139. The Morgan fingerprint density at radius 3 is 2.10 bits per heavy atom. The van der Waals surface area contributed by atoms with Crippen LogP contribution in [-0.2, 0) is 19.6 Å². The zero-order valence-electron chi connectivity index (χ0n) is 13.0. The molecule has 0 bridgehead atoms. The molecular formula is C14H22N2O4S. The van der Waals surface area contributed by atoms with Gasteiger partial charge in [0.2, 0.25) is 10.0 Å². The summed E-state index contributed by atoms with van der Waals surface area (Å²) < 4.78 is 29.9. The van der Waals surface area contributed by atoms with Crippen molar-refractivity contribution < 1.29 is 17.9 Å². The van der Waals surface area contributed by atoms with Crippen LogP contribution in [0.1, 0.15) is 13.8 Å². The highest BCUT2D eigenvalue weighted by Gasteiger charge is 2.19. The van der Waals surface area contributed by atoms with Crippen LogP contribution in [0.15, 0.2) is 29.2 Å². The van der Waals surface area contributed by atoms with E-state index in [1.165, 1.54) is 33.3 Å². The van der Waals surface area contributed by atoms with E-state index in [-0.39, 0.29) is 23.5 Å². The van der Waals surface area contributed by atoms with Crippen LogP contribution in [-0.4, -0.2) is 52.5 Å². The number of esters is 1. The first kappa shape index (κ1) is 17.5. The van der Waals surface area contributed by atoms with Gasteiger partial charge in [-0.05, 0) is 38.1 Å². The highest BCUT2D eigenvalue weighted by Crippen LogP contribution is 2.21. The summed E-state index contributed by atoms with van der Waals surface area (Å²) >= 11 is 0. The number of benzene rings is 1. The van der Waals surface area contributed by atoms with Crippen molar-refractivity contribution in [3.8, 4) is 0 Å². The second-order valence-corrected chi connectivity index (χ2v) is 7.23. The van der Waals surface area contributed by atoms with Gasteiger partial charge >= 0.3 is 5.97 Å². The Hall–Kier alpha value is -1.60. The van der Waals surface area contributed by atoms with Crippen molar-refractivity contribution in [1.29, 1.82) is 0 Å². The lowest BCUT2D eigenvalue weighted by Crippen LogP contribution is -2.36. The molecule has 0 aliphatic rings. The topological polar surface area (TPSA) is 66.9 Å². The van der Waals surface area contributed by atoms with Gasteiger partial charge in [-0.25, -0.2) is 12.7 Å². The highest BCUT2D eigenvalue weighted by atomic mass is 32.2. The Morgan fingerprint density at radius 1 is 1.19 bits per heavy atom. The Morgan fingerprint density at radius 2 is 1.71 bits per heavy atom. The third-order valence-electron chi connectivity index (χ3n) is 3.10. The average molecular weight is 314 g/mol. The molecule has 0 fully saturated rings. The van der Waals surface area contributed by atoms with E-state index in [1.54, 1.807) is 12.1 Å². The van der Waals surface area contributed by atoms with Crippen molar-refractivity contribution in [1.82, 2.24) is 4.31 Å². The van der Waals surface area contributed by atoms with E-state index in [2.05, 4.69) is 4.74 Å². The zero-order chi connectivity index (χ0) is 16.2. The molecule has 7 heteroatoms.